The average Bonchev–Trinajstić information content (AvgIpc) is 3.30. The molecule has 3 aromatic rings. The molecule has 128 valence electrons. The zero-order chi connectivity index (χ0) is 17.4. The van der Waals surface area contributed by atoms with E-state index in [0.717, 1.165) is 41.8 Å². The highest BCUT2D eigenvalue weighted by Crippen LogP contribution is 2.28. The van der Waals surface area contributed by atoms with Crippen LogP contribution in [-0.4, -0.2) is 25.7 Å². The maximum Gasteiger partial charge on any atom is 0.323 e. The van der Waals surface area contributed by atoms with Crippen LogP contribution in [0, 0.1) is 6.92 Å². The van der Waals surface area contributed by atoms with Crippen molar-refractivity contribution in [1.82, 2.24) is 25.1 Å². The van der Waals surface area contributed by atoms with E-state index < -0.39 is 0 Å². The first-order valence-electron chi connectivity index (χ1n) is 8.35. The van der Waals surface area contributed by atoms with E-state index >= 15 is 0 Å². The summed E-state index contributed by atoms with van der Waals surface area (Å²) in [5, 5.41) is 7.44. The molecular weight excluding hydrogens is 318 g/mol. The maximum absolute atomic E-state index is 12.6. The van der Waals surface area contributed by atoms with Gasteiger partial charge in [0.15, 0.2) is 5.69 Å². The van der Waals surface area contributed by atoms with E-state index in [1.807, 2.05) is 35.9 Å². The number of carbonyl (C=O) groups is 1. The van der Waals surface area contributed by atoms with Gasteiger partial charge >= 0.3 is 5.69 Å². The fraction of sp³-hybridized carbons (Fsp3) is 0.278. The topological polar surface area (TPSA) is 95.6 Å². The van der Waals surface area contributed by atoms with Crippen LogP contribution in [0.15, 0.2) is 35.3 Å². The Morgan fingerprint density at radius 2 is 2.16 bits per heavy atom. The predicted molar refractivity (Wildman–Crippen MR) is 92.9 cm³/mol. The standard InChI is InChI=1S/C18H19N5O2/c1-11-5-2-3-7-14(11)23-15-8-4-6-13(15)16(22-23)17(24)19-9-12-10-20-18(25)21-12/h2-3,5,7,10H,4,6,8-9H2,1H3,(H,19,24)(H2,20,21,25). The molecule has 1 aliphatic carbocycles. The Bertz CT molecular complexity index is 995. The molecule has 0 saturated heterocycles. The summed E-state index contributed by atoms with van der Waals surface area (Å²) in [7, 11) is 0. The molecule has 2 heterocycles. The van der Waals surface area contributed by atoms with E-state index in [0.29, 0.717) is 11.4 Å². The lowest BCUT2D eigenvalue weighted by Crippen LogP contribution is -2.25. The Hall–Kier alpha value is -3.09. The Labute approximate surface area is 144 Å². The largest absolute Gasteiger partial charge is 0.345 e. The van der Waals surface area contributed by atoms with Crippen molar-refractivity contribution in [1.29, 1.82) is 0 Å². The van der Waals surface area contributed by atoms with E-state index in [-0.39, 0.29) is 18.1 Å². The fourth-order valence-electron chi connectivity index (χ4n) is 3.35. The second-order valence-corrected chi connectivity index (χ2v) is 6.28. The van der Waals surface area contributed by atoms with Crippen LogP contribution in [0.1, 0.15) is 39.4 Å². The summed E-state index contributed by atoms with van der Waals surface area (Å²) in [6.45, 7) is 2.30. The lowest BCUT2D eigenvalue weighted by molar-refractivity contribution is 0.0944. The minimum absolute atomic E-state index is 0.215. The van der Waals surface area contributed by atoms with Crippen molar-refractivity contribution in [3.05, 3.63) is 69.2 Å². The molecule has 1 amide bonds. The van der Waals surface area contributed by atoms with Crippen molar-refractivity contribution < 1.29 is 4.79 Å². The number of H-pyrrole nitrogens is 2. The van der Waals surface area contributed by atoms with Crippen LogP contribution in [0.2, 0.25) is 0 Å². The van der Waals surface area contributed by atoms with Gasteiger partial charge in [-0.25, -0.2) is 9.48 Å². The molecule has 7 nitrogen and oxygen atoms in total. The Morgan fingerprint density at radius 1 is 1.32 bits per heavy atom. The summed E-state index contributed by atoms with van der Waals surface area (Å²) in [4.78, 5) is 28.9. The summed E-state index contributed by atoms with van der Waals surface area (Å²) in [5.41, 5.74) is 5.11. The van der Waals surface area contributed by atoms with E-state index in [4.69, 9.17) is 0 Å². The van der Waals surface area contributed by atoms with Crippen molar-refractivity contribution in [2.45, 2.75) is 32.7 Å². The van der Waals surface area contributed by atoms with Gasteiger partial charge in [-0.1, -0.05) is 18.2 Å². The van der Waals surface area contributed by atoms with Crippen LogP contribution in [0.3, 0.4) is 0 Å². The first-order chi connectivity index (χ1) is 12.1. The van der Waals surface area contributed by atoms with E-state index in [1.54, 1.807) is 6.20 Å². The Balaban J connectivity index is 1.64. The number of hydrogen-bond acceptors (Lipinski definition) is 3. The number of rotatable bonds is 4. The van der Waals surface area contributed by atoms with Gasteiger partial charge in [0.25, 0.3) is 5.91 Å². The maximum atomic E-state index is 12.6. The molecule has 3 N–H and O–H groups in total. The second-order valence-electron chi connectivity index (χ2n) is 6.28. The number of benzene rings is 1. The lowest BCUT2D eigenvalue weighted by Gasteiger charge is -2.08. The molecule has 0 saturated carbocycles. The van der Waals surface area contributed by atoms with Gasteiger partial charge in [0.05, 0.1) is 17.9 Å². The Kier molecular flexibility index (Phi) is 3.76. The number of aromatic amines is 2. The summed E-state index contributed by atoms with van der Waals surface area (Å²) in [5.74, 6) is -0.215. The van der Waals surface area contributed by atoms with Crippen molar-refractivity contribution in [3.63, 3.8) is 0 Å². The molecular formula is C18H19N5O2. The van der Waals surface area contributed by atoms with Gasteiger partial charge in [-0.2, -0.15) is 5.10 Å². The molecule has 4 rings (SSSR count). The highest BCUT2D eigenvalue weighted by atomic mass is 16.2. The molecule has 1 aliphatic rings. The van der Waals surface area contributed by atoms with Gasteiger partial charge < -0.3 is 15.3 Å². The fourth-order valence-corrected chi connectivity index (χ4v) is 3.35. The van der Waals surface area contributed by atoms with Crippen molar-refractivity contribution >= 4 is 5.91 Å². The zero-order valence-electron chi connectivity index (χ0n) is 13.9. The SMILES string of the molecule is Cc1ccccc1-n1nc(C(=O)NCc2c[nH]c(=O)[nH]2)c2c1CCC2. The molecule has 0 bridgehead atoms. The number of imidazole rings is 1. The number of hydrogen-bond donors (Lipinski definition) is 3. The minimum atomic E-state index is -0.283. The average molecular weight is 337 g/mol. The van der Waals surface area contributed by atoms with Crippen LogP contribution in [0.25, 0.3) is 5.69 Å². The number of fused-ring (bicyclic) bond motifs is 1. The molecule has 1 aromatic carbocycles. The first kappa shape index (κ1) is 15.4. The highest BCUT2D eigenvalue weighted by Gasteiger charge is 2.27. The Morgan fingerprint density at radius 3 is 2.92 bits per heavy atom. The number of carbonyl (C=O) groups excluding carboxylic acids is 1. The molecule has 7 heteroatoms. The highest BCUT2D eigenvalue weighted by molar-refractivity contribution is 5.94. The molecule has 0 unspecified atom stereocenters. The molecule has 25 heavy (non-hydrogen) atoms. The quantitative estimate of drug-likeness (QED) is 0.675. The summed E-state index contributed by atoms with van der Waals surface area (Å²) in [6, 6.07) is 8.04. The third-order valence-electron chi connectivity index (χ3n) is 4.58. The van der Waals surface area contributed by atoms with E-state index in [1.165, 1.54) is 0 Å². The van der Waals surface area contributed by atoms with Gasteiger partial charge in [-0.05, 0) is 37.8 Å². The van der Waals surface area contributed by atoms with Crippen molar-refractivity contribution in [3.8, 4) is 5.69 Å². The van der Waals surface area contributed by atoms with E-state index in [9.17, 15) is 9.59 Å². The zero-order valence-corrected chi connectivity index (χ0v) is 13.9. The van der Waals surface area contributed by atoms with Gasteiger partial charge in [-0.15, -0.1) is 0 Å². The van der Waals surface area contributed by atoms with Gasteiger partial charge in [0, 0.05) is 17.5 Å². The molecule has 2 aromatic heterocycles. The summed E-state index contributed by atoms with van der Waals surface area (Å²) >= 11 is 0. The van der Waals surface area contributed by atoms with Gasteiger partial charge in [0.2, 0.25) is 0 Å². The van der Waals surface area contributed by atoms with Crippen LogP contribution < -0.4 is 11.0 Å². The summed E-state index contributed by atoms with van der Waals surface area (Å²) < 4.78 is 1.91. The molecule has 0 fully saturated rings. The van der Waals surface area contributed by atoms with E-state index in [2.05, 4.69) is 20.4 Å². The smallest absolute Gasteiger partial charge is 0.323 e. The monoisotopic (exact) mass is 337 g/mol. The number of para-hydroxylation sites is 1. The van der Waals surface area contributed by atoms with Gasteiger partial charge in [-0.3, -0.25) is 4.79 Å². The normalized spacial score (nSPS) is 13.0. The second kappa shape index (κ2) is 6.08. The first-order valence-corrected chi connectivity index (χ1v) is 8.35. The molecule has 0 aliphatic heterocycles. The number of nitrogens with zero attached hydrogens (tertiary/aromatic N) is 2. The molecule has 0 atom stereocenters. The van der Waals surface area contributed by atoms with Crippen LogP contribution >= 0.6 is 0 Å². The minimum Gasteiger partial charge on any atom is -0.345 e. The number of nitrogens with one attached hydrogen (secondary N) is 3. The lowest BCUT2D eigenvalue weighted by atomic mass is 10.2. The van der Waals surface area contributed by atoms with Crippen molar-refractivity contribution in [2.24, 2.45) is 0 Å². The number of aromatic nitrogens is 4. The third kappa shape index (κ3) is 2.77. The van der Waals surface area contributed by atoms with Gasteiger partial charge in [0.1, 0.15) is 0 Å². The van der Waals surface area contributed by atoms with Crippen LogP contribution in [-0.2, 0) is 19.4 Å². The number of amides is 1. The summed E-state index contributed by atoms with van der Waals surface area (Å²) in [6.07, 6.45) is 4.38. The third-order valence-corrected chi connectivity index (χ3v) is 4.58. The molecule has 0 spiro atoms. The predicted octanol–water partition coefficient (Wildman–Crippen LogP) is 1.62. The van der Waals surface area contributed by atoms with Crippen LogP contribution in [0.5, 0.6) is 0 Å². The van der Waals surface area contributed by atoms with Crippen LogP contribution in [0.4, 0.5) is 0 Å². The van der Waals surface area contributed by atoms with Crippen molar-refractivity contribution in [2.75, 3.05) is 0 Å². The number of aryl methyl sites for hydroxylation is 1. The molecule has 0 radical (unpaired) electrons.